The zero-order chi connectivity index (χ0) is 21.8. The number of aromatic amines is 1. The number of halogens is 3. The number of aromatic nitrogens is 5. The van der Waals surface area contributed by atoms with Crippen molar-refractivity contribution in [3.05, 3.63) is 48.1 Å². The summed E-state index contributed by atoms with van der Waals surface area (Å²) >= 11 is 1.05. The first-order valence-electron chi connectivity index (χ1n) is 9.47. The van der Waals surface area contributed by atoms with Gasteiger partial charge in [-0.05, 0) is 38.7 Å². The van der Waals surface area contributed by atoms with Crippen LogP contribution in [-0.2, 0) is 18.6 Å². The van der Waals surface area contributed by atoms with E-state index in [2.05, 4.69) is 10.1 Å². The van der Waals surface area contributed by atoms with Crippen LogP contribution in [0.1, 0.15) is 43.0 Å². The number of hydrogen-bond donors (Lipinski definition) is 1. The van der Waals surface area contributed by atoms with Crippen LogP contribution < -0.4 is 16.9 Å². The van der Waals surface area contributed by atoms with Crippen LogP contribution >= 0.6 is 11.3 Å². The fourth-order valence-electron chi connectivity index (χ4n) is 3.90. The molecule has 3 aromatic heterocycles. The molecular weight excluding hydrogens is 423 g/mol. The van der Waals surface area contributed by atoms with Gasteiger partial charge in [0.15, 0.2) is 0 Å². The molecule has 0 spiro atoms. The molecule has 0 saturated heterocycles. The van der Waals surface area contributed by atoms with E-state index in [0.29, 0.717) is 23.3 Å². The molecule has 8 nitrogen and oxygen atoms in total. The van der Waals surface area contributed by atoms with E-state index in [9.17, 15) is 27.6 Å². The molecule has 1 fully saturated rings. The third-order valence-corrected chi connectivity index (χ3v) is 7.11. The molecule has 0 aliphatic heterocycles. The van der Waals surface area contributed by atoms with Crippen LogP contribution in [0, 0.1) is 6.92 Å². The van der Waals surface area contributed by atoms with Gasteiger partial charge in [0.25, 0.3) is 5.56 Å². The number of rotatable bonds is 5. The fraction of sp³-hybridized carbons (Fsp3) is 0.556. The van der Waals surface area contributed by atoms with Crippen molar-refractivity contribution in [1.29, 1.82) is 0 Å². The lowest BCUT2D eigenvalue weighted by Crippen LogP contribution is -2.53. The molecule has 4 rings (SSSR count). The maximum absolute atomic E-state index is 13.3. The maximum Gasteiger partial charge on any atom is 0.390 e. The fourth-order valence-corrected chi connectivity index (χ4v) is 5.19. The van der Waals surface area contributed by atoms with Crippen LogP contribution in [0.25, 0.3) is 10.2 Å². The van der Waals surface area contributed by atoms with Crippen molar-refractivity contribution in [2.45, 2.75) is 64.3 Å². The first kappa shape index (κ1) is 20.6. The SMILES string of the molecule is Cc1c(Cn2nc[nH]c2=O)sc2c1c(=O)n(C1(C)CCC1)c(=O)n2CCC(F)(F)F. The Hall–Kier alpha value is -2.63. The van der Waals surface area contributed by atoms with Gasteiger partial charge in [0, 0.05) is 17.0 Å². The molecule has 3 aromatic rings. The highest BCUT2D eigenvalue weighted by atomic mass is 32.1. The maximum atomic E-state index is 13.3. The average molecular weight is 443 g/mol. The summed E-state index contributed by atoms with van der Waals surface area (Å²) in [5, 5.41) is 4.12. The standard InChI is InChI=1S/C18H20F3N5O3S/c1-10-11(8-25-15(28)22-9-23-25)30-14-12(10)13(27)26(17(2)4-3-5-17)16(29)24(14)7-6-18(19,20)21/h9H,3-8H2,1-2H3,(H,22,23,28). The van der Waals surface area contributed by atoms with E-state index in [4.69, 9.17) is 0 Å². The van der Waals surface area contributed by atoms with Crippen molar-refractivity contribution in [2.24, 2.45) is 0 Å². The Morgan fingerprint density at radius 2 is 1.97 bits per heavy atom. The van der Waals surface area contributed by atoms with Gasteiger partial charge >= 0.3 is 17.6 Å². The van der Waals surface area contributed by atoms with Crippen molar-refractivity contribution in [1.82, 2.24) is 23.9 Å². The Bertz CT molecular complexity index is 1290. The first-order valence-corrected chi connectivity index (χ1v) is 10.3. The first-order chi connectivity index (χ1) is 14.0. The second-order valence-corrected chi connectivity index (χ2v) is 8.96. The Morgan fingerprint density at radius 3 is 2.50 bits per heavy atom. The van der Waals surface area contributed by atoms with Gasteiger partial charge < -0.3 is 0 Å². The van der Waals surface area contributed by atoms with Crippen LogP contribution in [0.4, 0.5) is 13.2 Å². The van der Waals surface area contributed by atoms with E-state index in [1.807, 2.05) is 0 Å². The molecule has 162 valence electrons. The molecule has 1 N–H and O–H groups in total. The summed E-state index contributed by atoms with van der Waals surface area (Å²) in [6, 6.07) is 0. The van der Waals surface area contributed by atoms with Gasteiger partial charge in [-0.15, -0.1) is 11.3 Å². The molecule has 0 amide bonds. The number of hydrogen-bond acceptors (Lipinski definition) is 5. The predicted octanol–water partition coefficient (Wildman–Crippen LogP) is 2.32. The van der Waals surface area contributed by atoms with Gasteiger partial charge in [-0.2, -0.15) is 18.3 Å². The molecule has 0 atom stereocenters. The van der Waals surface area contributed by atoms with Gasteiger partial charge in [-0.3, -0.25) is 18.9 Å². The van der Waals surface area contributed by atoms with Gasteiger partial charge in [0.05, 0.1) is 18.4 Å². The molecular formula is C18H20F3N5O3S. The summed E-state index contributed by atoms with van der Waals surface area (Å²) < 4.78 is 42.1. The zero-order valence-corrected chi connectivity index (χ0v) is 17.2. The molecule has 30 heavy (non-hydrogen) atoms. The molecule has 0 bridgehead atoms. The number of aryl methyl sites for hydroxylation is 2. The lowest BCUT2D eigenvalue weighted by atomic mass is 9.78. The Morgan fingerprint density at radius 1 is 1.27 bits per heavy atom. The molecule has 0 aromatic carbocycles. The average Bonchev–Trinajstić information content (AvgIpc) is 3.16. The van der Waals surface area contributed by atoms with Crippen molar-refractivity contribution in [2.75, 3.05) is 0 Å². The van der Waals surface area contributed by atoms with Crippen molar-refractivity contribution >= 4 is 21.6 Å². The van der Waals surface area contributed by atoms with E-state index >= 15 is 0 Å². The normalized spacial score (nSPS) is 16.2. The van der Waals surface area contributed by atoms with Gasteiger partial charge in [-0.1, -0.05) is 0 Å². The Balaban J connectivity index is 1.95. The summed E-state index contributed by atoms with van der Waals surface area (Å²) in [5.41, 5.74) is -1.80. The monoisotopic (exact) mass is 443 g/mol. The number of nitrogens with zero attached hydrogens (tertiary/aromatic N) is 4. The number of nitrogens with one attached hydrogen (secondary N) is 1. The van der Waals surface area contributed by atoms with Gasteiger partial charge in [0.1, 0.15) is 11.2 Å². The highest BCUT2D eigenvalue weighted by Crippen LogP contribution is 2.38. The van der Waals surface area contributed by atoms with Crippen molar-refractivity contribution < 1.29 is 13.2 Å². The summed E-state index contributed by atoms with van der Waals surface area (Å²) in [5.74, 6) is 0. The highest BCUT2D eigenvalue weighted by Gasteiger charge is 2.38. The third kappa shape index (κ3) is 3.32. The lowest BCUT2D eigenvalue weighted by molar-refractivity contribution is -0.136. The topological polar surface area (TPSA) is 94.7 Å². The van der Waals surface area contributed by atoms with Gasteiger partial charge in [0.2, 0.25) is 0 Å². The molecule has 0 radical (unpaired) electrons. The van der Waals surface area contributed by atoms with Crippen molar-refractivity contribution in [3.63, 3.8) is 0 Å². The van der Waals surface area contributed by atoms with Gasteiger partial charge in [-0.25, -0.2) is 14.3 Å². The van der Waals surface area contributed by atoms with Crippen LogP contribution in [0.2, 0.25) is 0 Å². The largest absolute Gasteiger partial charge is 0.390 e. The number of fused-ring (bicyclic) bond motifs is 1. The highest BCUT2D eigenvalue weighted by molar-refractivity contribution is 7.18. The van der Waals surface area contributed by atoms with E-state index in [1.54, 1.807) is 13.8 Å². The molecule has 1 aliphatic rings. The number of alkyl halides is 3. The van der Waals surface area contributed by atoms with Crippen molar-refractivity contribution in [3.8, 4) is 0 Å². The molecule has 0 unspecified atom stereocenters. The summed E-state index contributed by atoms with van der Waals surface area (Å²) in [6.07, 6.45) is -2.31. The summed E-state index contributed by atoms with van der Waals surface area (Å²) in [7, 11) is 0. The minimum atomic E-state index is -4.44. The minimum absolute atomic E-state index is 0.0533. The molecule has 12 heteroatoms. The van der Waals surface area contributed by atoms with E-state index in [0.717, 1.165) is 31.6 Å². The third-order valence-electron chi connectivity index (χ3n) is 5.81. The zero-order valence-electron chi connectivity index (χ0n) is 16.4. The quantitative estimate of drug-likeness (QED) is 0.655. The second kappa shape index (κ2) is 6.96. The van der Waals surface area contributed by atoms with E-state index in [-0.39, 0.29) is 16.8 Å². The number of thiophene rings is 1. The number of H-pyrrole nitrogens is 1. The van der Waals surface area contributed by atoms with E-state index in [1.165, 1.54) is 6.33 Å². The van der Waals surface area contributed by atoms with Crippen LogP contribution in [0.15, 0.2) is 20.7 Å². The molecule has 1 saturated carbocycles. The summed E-state index contributed by atoms with van der Waals surface area (Å²) in [4.78, 5) is 41.4. The van der Waals surface area contributed by atoms with Crippen LogP contribution in [0.5, 0.6) is 0 Å². The second-order valence-electron chi connectivity index (χ2n) is 7.87. The lowest BCUT2D eigenvalue weighted by Gasteiger charge is -2.39. The predicted molar refractivity (Wildman–Crippen MR) is 105 cm³/mol. The van der Waals surface area contributed by atoms with Crippen LogP contribution in [-0.4, -0.2) is 30.1 Å². The summed E-state index contributed by atoms with van der Waals surface area (Å²) in [6.45, 7) is 2.94. The van der Waals surface area contributed by atoms with Crippen LogP contribution in [0.3, 0.4) is 0 Å². The van der Waals surface area contributed by atoms with E-state index < -0.39 is 41.6 Å². The molecule has 3 heterocycles. The Labute approximate surface area is 171 Å². The smallest absolute Gasteiger partial charge is 0.295 e. The molecule has 1 aliphatic carbocycles. The minimum Gasteiger partial charge on any atom is -0.295 e. The Kier molecular flexibility index (Phi) is 4.79.